The van der Waals surface area contributed by atoms with E-state index in [1.54, 1.807) is 55.6 Å². The number of Topliss-reactive ketones (excluding diaryl/α,β-unsaturated/α-hetero) is 1. The van der Waals surface area contributed by atoms with E-state index in [1.807, 2.05) is 24.3 Å². The molecule has 0 unspecified atom stereocenters. The molecule has 6 aromatic rings. The molecule has 3 amide bonds. The fourth-order valence-electron chi connectivity index (χ4n) is 6.38. The Morgan fingerprint density at radius 2 is 1.17 bits per heavy atom. The number of nitrogens with one attached hydrogen (secondary N) is 6. The first-order valence-electron chi connectivity index (χ1n) is 18.1. The molecule has 2 aromatic heterocycles. The van der Waals surface area contributed by atoms with Crippen LogP contribution < -0.4 is 26.2 Å². The van der Waals surface area contributed by atoms with Crippen molar-refractivity contribution in [2.75, 3.05) is 35.7 Å². The first-order chi connectivity index (χ1) is 28.0. The molecule has 0 spiro atoms. The van der Waals surface area contributed by atoms with E-state index in [9.17, 15) is 32.3 Å². The predicted octanol–water partition coefficient (Wildman–Crippen LogP) is 3.73. The molecule has 0 aliphatic carbocycles. The van der Waals surface area contributed by atoms with Crippen LogP contribution in [0.3, 0.4) is 0 Å². The first-order valence-corrected chi connectivity index (χ1v) is 18.1. The Hall–Kier alpha value is -7.37. The average molecular weight is 792 g/mol. The van der Waals surface area contributed by atoms with Crippen molar-refractivity contribution in [2.24, 2.45) is 0 Å². The summed E-state index contributed by atoms with van der Waals surface area (Å²) in [6, 6.07) is 22.8. The molecule has 0 saturated heterocycles. The molecular weight excluding hydrogens is 756 g/mol. The number of fused-ring (bicyclic) bond motifs is 2. The highest BCUT2D eigenvalue weighted by Gasteiger charge is 2.31. The average Bonchev–Trinajstić information content (AvgIpc) is 3.85. The Balaban J connectivity index is 0.000000177. The number of likely N-dealkylation sites (N-methyl/N-ethyl adjacent to an activating group) is 1. The molecule has 8 rings (SSSR count). The molecule has 58 heavy (non-hydrogen) atoms. The van der Waals surface area contributed by atoms with E-state index in [2.05, 4.69) is 51.6 Å². The van der Waals surface area contributed by atoms with E-state index < -0.39 is 29.7 Å². The van der Waals surface area contributed by atoms with Gasteiger partial charge in [0.05, 0.1) is 11.4 Å². The van der Waals surface area contributed by atoms with E-state index in [-0.39, 0.29) is 72.9 Å². The topological polar surface area (TPSA) is 203 Å². The van der Waals surface area contributed by atoms with E-state index in [1.165, 1.54) is 23.1 Å². The van der Waals surface area contributed by atoms with Crippen LogP contribution in [0.4, 0.5) is 30.2 Å². The number of amides is 3. The van der Waals surface area contributed by atoms with Gasteiger partial charge in [-0.1, -0.05) is 54.6 Å². The number of aromatic nitrogens is 6. The van der Waals surface area contributed by atoms with Crippen LogP contribution in [0.5, 0.6) is 0 Å². The SMILES string of the molecule is CN1C(=O)[C@@H](NC(=O)c2n[nH]c(Cc3ccccc3F)n2)CNc2ccccc21.O=C(N[C@H]1CNc2cccc(F)c2CC1=O)c1n[nH]c(Cc2ccccc2F)n1. The molecule has 296 valence electrons. The van der Waals surface area contributed by atoms with Crippen LogP contribution in [0, 0.1) is 17.5 Å². The van der Waals surface area contributed by atoms with Crippen LogP contribution >= 0.6 is 0 Å². The third-order valence-corrected chi connectivity index (χ3v) is 9.46. The summed E-state index contributed by atoms with van der Waals surface area (Å²) in [5, 5.41) is 24.4. The van der Waals surface area contributed by atoms with Gasteiger partial charge in [0.25, 0.3) is 17.7 Å². The number of benzene rings is 4. The first kappa shape index (κ1) is 38.9. The van der Waals surface area contributed by atoms with Crippen LogP contribution in [-0.4, -0.2) is 86.1 Å². The van der Waals surface area contributed by atoms with Gasteiger partial charge in [-0.15, -0.1) is 10.2 Å². The van der Waals surface area contributed by atoms with Crippen molar-refractivity contribution in [3.63, 3.8) is 0 Å². The lowest BCUT2D eigenvalue weighted by Crippen LogP contribution is -2.49. The second-order valence-corrected chi connectivity index (χ2v) is 13.4. The van der Waals surface area contributed by atoms with Gasteiger partial charge in [0.1, 0.15) is 41.2 Å². The standard InChI is InChI=1S/C20H17F2N5O2.C20H19FN6O2/c21-13-5-2-1-4-11(13)8-18-25-19(27-26-18)20(29)24-16-10-23-15-7-3-6-14(22)12(15)9-17(16)28;1-27-16-9-5-4-8-14(16)22-11-15(20(27)29)23-19(28)18-24-17(25-26-18)10-12-6-2-3-7-13(12)21/h1-7,16,23H,8-10H2,(H,24,29)(H,25,26,27);2-9,15,22H,10-11H2,1H3,(H,23,28)(H,24,25,26)/t16-;15-/m00/s1. The van der Waals surface area contributed by atoms with Gasteiger partial charge in [-0.2, -0.15) is 0 Å². The minimum Gasteiger partial charge on any atom is -0.382 e. The van der Waals surface area contributed by atoms with E-state index in [4.69, 9.17) is 0 Å². The second-order valence-electron chi connectivity index (χ2n) is 13.4. The summed E-state index contributed by atoms with van der Waals surface area (Å²) in [6.07, 6.45) is 0.187. The van der Waals surface area contributed by atoms with Crippen LogP contribution in [-0.2, 0) is 28.9 Å². The third-order valence-electron chi connectivity index (χ3n) is 9.46. The Morgan fingerprint density at radius 3 is 1.79 bits per heavy atom. The summed E-state index contributed by atoms with van der Waals surface area (Å²) in [5.41, 5.74) is 3.21. The van der Waals surface area contributed by atoms with Gasteiger partial charge >= 0.3 is 0 Å². The molecule has 0 radical (unpaired) electrons. The highest BCUT2D eigenvalue weighted by molar-refractivity contribution is 6.04. The van der Waals surface area contributed by atoms with Crippen molar-refractivity contribution < 1.29 is 32.3 Å². The normalized spacial score (nSPS) is 16.0. The lowest BCUT2D eigenvalue weighted by atomic mass is 10.0. The number of anilines is 3. The van der Waals surface area contributed by atoms with Gasteiger partial charge in [0.15, 0.2) is 5.78 Å². The third kappa shape index (κ3) is 8.85. The fourth-order valence-corrected chi connectivity index (χ4v) is 6.38. The molecule has 4 heterocycles. The number of H-pyrrole nitrogens is 2. The highest BCUT2D eigenvalue weighted by Crippen LogP contribution is 2.27. The monoisotopic (exact) mass is 791 g/mol. The van der Waals surface area contributed by atoms with Gasteiger partial charge in [0.2, 0.25) is 11.6 Å². The Bertz CT molecular complexity index is 2490. The quantitative estimate of drug-likeness (QED) is 0.132. The van der Waals surface area contributed by atoms with Crippen LogP contribution in [0.1, 0.15) is 49.6 Å². The van der Waals surface area contributed by atoms with Crippen LogP contribution in [0.15, 0.2) is 91.0 Å². The number of carbonyl (C=O) groups excluding carboxylic acids is 4. The lowest BCUT2D eigenvalue weighted by Gasteiger charge is -2.20. The molecule has 0 saturated carbocycles. The van der Waals surface area contributed by atoms with Crippen LogP contribution in [0.25, 0.3) is 0 Å². The number of carbonyl (C=O) groups is 4. The molecular formula is C40H36F3N11O4. The summed E-state index contributed by atoms with van der Waals surface area (Å²) in [7, 11) is 1.66. The summed E-state index contributed by atoms with van der Waals surface area (Å²) in [6.45, 7) is 0.353. The van der Waals surface area contributed by atoms with Crippen LogP contribution in [0.2, 0.25) is 0 Å². The predicted molar refractivity (Wildman–Crippen MR) is 206 cm³/mol. The Kier molecular flexibility index (Phi) is 11.5. The van der Waals surface area contributed by atoms with Crippen molar-refractivity contribution in [1.29, 1.82) is 0 Å². The van der Waals surface area contributed by atoms with Crippen molar-refractivity contribution in [2.45, 2.75) is 31.3 Å². The number of hydrogen-bond donors (Lipinski definition) is 6. The van der Waals surface area contributed by atoms with Gasteiger partial charge in [0, 0.05) is 50.7 Å². The van der Waals surface area contributed by atoms with Gasteiger partial charge in [-0.05, 0) is 47.5 Å². The molecule has 2 aliphatic heterocycles. The maximum atomic E-state index is 14.0. The fraction of sp³-hybridized carbons (Fsp3) is 0.200. The van der Waals surface area contributed by atoms with Gasteiger partial charge in [-0.25, -0.2) is 23.1 Å². The zero-order valence-electron chi connectivity index (χ0n) is 30.9. The van der Waals surface area contributed by atoms with Gasteiger partial charge < -0.3 is 26.2 Å². The molecule has 0 fully saturated rings. The number of nitrogens with zero attached hydrogens (tertiary/aromatic N) is 5. The summed E-state index contributed by atoms with van der Waals surface area (Å²) >= 11 is 0. The van der Waals surface area contributed by atoms with E-state index in [0.717, 1.165) is 11.4 Å². The number of para-hydroxylation sites is 2. The number of halogens is 3. The summed E-state index contributed by atoms with van der Waals surface area (Å²) < 4.78 is 41.5. The van der Waals surface area contributed by atoms with Crippen molar-refractivity contribution in [3.05, 3.63) is 148 Å². The number of ketones is 1. The highest BCUT2D eigenvalue weighted by atomic mass is 19.1. The number of hydrogen-bond acceptors (Lipinski definition) is 10. The second kappa shape index (κ2) is 17.2. The summed E-state index contributed by atoms with van der Waals surface area (Å²) in [4.78, 5) is 59.9. The largest absolute Gasteiger partial charge is 0.382 e. The minimum absolute atomic E-state index is 0.103. The molecule has 18 heteroatoms. The maximum Gasteiger partial charge on any atom is 0.291 e. The smallest absolute Gasteiger partial charge is 0.291 e. The van der Waals surface area contributed by atoms with Crippen molar-refractivity contribution in [1.82, 2.24) is 41.0 Å². The van der Waals surface area contributed by atoms with Crippen molar-refractivity contribution >= 4 is 40.6 Å². The lowest BCUT2D eigenvalue weighted by molar-refractivity contribution is -0.120. The Labute approximate surface area is 328 Å². The molecule has 2 aliphatic rings. The van der Waals surface area contributed by atoms with Crippen molar-refractivity contribution in [3.8, 4) is 0 Å². The zero-order chi connectivity index (χ0) is 40.8. The summed E-state index contributed by atoms with van der Waals surface area (Å²) in [5.74, 6) is -2.59. The minimum atomic E-state index is -0.859. The Morgan fingerprint density at radius 1 is 0.672 bits per heavy atom. The number of aromatic amines is 2. The maximum absolute atomic E-state index is 14.0. The molecule has 6 N–H and O–H groups in total. The van der Waals surface area contributed by atoms with E-state index >= 15 is 0 Å². The number of rotatable bonds is 8. The molecule has 2 atom stereocenters. The van der Waals surface area contributed by atoms with E-state index in [0.29, 0.717) is 28.5 Å². The zero-order valence-corrected chi connectivity index (χ0v) is 30.9. The molecule has 0 bridgehead atoms. The van der Waals surface area contributed by atoms with Gasteiger partial charge in [-0.3, -0.25) is 29.4 Å². The molecule has 4 aromatic carbocycles. The molecule has 15 nitrogen and oxygen atoms in total.